The molecule has 6 aromatic rings. The first-order valence-electron chi connectivity index (χ1n) is 16.6. The van der Waals surface area contributed by atoms with Crippen LogP contribution in [0.1, 0.15) is 22.3 Å². The van der Waals surface area contributed by atoms with Crippen molar-refractivity contribution >= 4 is 49.2 Å². The SMILES string of the molecule is Cc1ccc([S+](c2ccc(C)cc2)c2ccc(Sc3ccc([S+](c4ccc(C)cc4)c4ccc(C)cc4)cc3)cc2)cc1.F[P-](F)(F)(F)(F)F.F[P-](F)(F)(F)(F)F. The first-order valence-corrected chi connectivity index (χ1v) is 23.9. The van der Waals surface area contributed by atoms with Gasteiger partial charge in [0.1, 0.15) is 0 Å². The minimum atomic E-state index is -10.7. The number of hydrogen-bond acceptors (Lipinski definition) is 1. The van der Waals surface area contributed by atoms with E-state index in [1.165, 1.54) is 61.4 Å². The second kappa shape index (κ2) is 15.9. The number of aryl methyl sites for hydroxylation is 4. The van der Waals surface area contributed by atoms with E-state index < -0.39 is 15.6 Å². The van der Waals surface area contributed by atoms with Crippen LogP contribution in [0, 0.1) is 27.7 Å². The van der Waals surface area contributed by atoms with Crippen LogP contribution >= 0.6 is 27.4 Å². The first-order chi connectivity index (χ1) is 25.8. The molecule has 0 bridgehead atoms. The summed E-state index contributed by atoms with van der Waals surface area (Å²) >= 11 is 1.83. The van der Waals surface area contributed by atoms with Gasteiger partial charge in [-0.1, -0.05) is 82.5 Å². The van der Waals surface area contributed by atoms with E-state index in [4.69, 9.17) is 0 Å². The maximum atomic E-state index is 9.87. The zero-order valence-electron chi connectivity index (χ0n) is 30.5. The normalized spacial score (nSPS) is 14.2. The van der Waals surface area contributed by atoms with Crippen LogP contribution in [0.3, 0.4) is 0 Å². The van der Waals surface area contributed by atoms with Crippen LogP contribution in [0.4, 0.5) is 50.4 Å². The molecule has 0 spiro atoms. The first kappa shape index (κ1) is 46.1. The third-order valence-corrected chi connectivity index (χ3v) is 12.9. The van der Waals surface area contributed by atoms with Gasteiger partial charge in [-0.2, -0.15) is 0 Å². The Kier molecular flexibility index (Phi) is 12.8. The number of rotatable bonds is 8. The van der Waals surface area contributed by atoms with Crippen molar-refractivity contribution in [2.24, 2.45) is 0 Å². The van der Waals surface area contributed by atoms with Crippen molar-refractivity contribution in [1.82, 2.24) is 0 Å². The number of hydrogen-bond donors (Lipinski definition) is 0. The Morgan fingerprint density at radius 2 is 0.421 bits per heavy atom. The molecule has 0 aliphatic carbocycles. The van der Waals surface area contributed by atoms with Gasteiger partial charge < -0.3 is 0 Å². The molecular formula is C40H36F12P2S3. The second-order valence-electron chi connectivity index (χ2n) is 12.8. The van der Waals surface area contributed by atoms with E-state index in [1.54, 1.807) is 0 Å². The van der Waals surface area contributed by atoms with Crippen LogP contribution in [-0.4, -0.2) is 0 Å². The fourth-order valence-corrected chi connectivity index (χ4v) is 9.84. The van der Waals surface area contributed by atoms with E-state index in [1.807, 2.05) is 11.8 Å². The molecule has 6 aromatic carbocycles. The molecule has 0 radical (unpaired) electrons. The van der Waals surface area contributed by atoms with E-state index >= 15 is 0 Å². The quantitative estimate of drug-likeness (QED) is 0.0833. The molecule has 0 N–H and O–H groups in total. The van der Waals surface area contributed by atoms with Crippen molar-refractivity contribution < 1.29 is 50.4 Å². The molecule has 0 saturated heterocycles. The van der Waals surface area contributed by atoms with Crippen molar-refractivity contribution in [1.29, 1.82) is 0 Å². The van der Waals surface area contributed by atoms with Crippen LogP contribution in [0.25, 0.3) is 0 Å². The van der Waals surface area contributed by atoms with Crippen molar-refractivity contribution in [3.8, 4) is 0 Å². The molecule has 6 rings (SSSR count). The summed E-state index contributed by atoms with van der Waals surface area (Å²) in [6.07, 6.45) is 0. The summed E-state index contributed by atoms with van der Waals surface area (Å²) in [6, 6.07) is 54.4. The predicted octanol–water partition coefficient (Wildman–Crippen LogP) is 18.0. The van der Waals surface area contributed by atoms with Gasteiger partial charge in [-0.15, -0.1) is 0 Å². The van der Waals surface area contributed by atoms with E-state index in [2.05, 4.69) is 173 Å². The molecule has 0 atom stereocenters. The molecule has 0 saturated carbocycles. The molecule has 308 valence electrons. The standard InChI is InChI=1S/C40H36S3.2F6P/c1-29-5-17-35(18-6-29)42(36-19-7-30(2)8-20-36)39-25-13-33(14-26-39)41-34-15-27-40(28-16-34)43(37-21-9-31(3)10-22-37)38-23-11-32(4)12-24-38;2*1-7(2,3,4,5)6/h5-28H,1-4H3;;/q+2;2*-1. The third-order valence-electron chi connectivity index (χ3n) is 7.38. The monoisotopic (exact) mass is 902 g/mol. The summed E-state index contributed by atoms with van der Waals surface area (Å²) in [5.41, 5.74) is 5.16. The summed E-state index contributed by atoms with van der Waals surface area (Å²) in [4.78, 5) is 10.6. The van der Waals surface area contributed by atoms with Crippen molar-refractivity contribution in [3.05, 3.63) is 168 Å². The van der Waals surface area contributed by atoms with Gasteiger partial charge in [-0.3, -0.25) is 0 Å². The van der Waals surface area contributed by atoms with Crippen LogP contribution in [0.2, 0.25) is 0 Å². The molecule has 57 heavy (non-hydrogen) atoms. The molecule has 0 heterocycles. The molecular weight excluding hydrogens is 867 g/mol. The predicted molar refractivity (Wildman–Crippen MR) is 213 cm³/mol. The fraction of sp³-hybridized carbons (Fsp3) is 0.100. The van der Waals surface area contributed by atoms with Crippen molar-refractivity contribution in [2.75, 3.05) is 0 Å². The molecule has 0 fully saturated rings. The Labute approximate surface area is 332 Å². The Balaban J connectivity index is 0.000000440. The number of benzene rings is 6. The van der Waals surface area contributed by atoms with Crippen LogP contribution in [0.5, 0.6) is 0 Å². The Morgan fingerprint density at radius 3 is 0.579 bits per heavy atom. The summed E-state index contributed by atoms with van der Waals surface area (Å²) in [7, 11) is -21.6. The van der Waals surface area contributed by atoms with E-state index in [0.717, 1.165) is 0 Å². The van der Waals surface area contributed by atoms with Gasteiger partial charge in [-0.05, 0) is 125 Å². The topological polar surface area (TPSA) is 0 Å². The minimum absolute atomic E-state index is 0.142. The zero-order chi connectivity index (χ0) is 42.6. The molecule has 0 amide bonds. The Morgan fingerprint density at radius 1 is 0.281 bits per heavy atom. The van der Waals surface area contributed by atoms with Crippen LogP contribution in [0.15, 0.2) is 185 Å². The van der Waals surface area contributed by atoms with Crippen molar-refractivity contribution in [3.63, 3.8) is 0 Å². The van der Waals surface area contributed by atoms with Gasteiger partial charge in [-0.25, -0.2) is 0 Å². The summed E-state index contributed by atoms with van der Waals surface area (Å²) in [6.45, 7) is 8.60. The van der Waals surface area contributed by atoms with Gasteiger partial charge in [0.25, 0.3) is 0 Å². The van der Waals surface area contributed by atoms with E-state index in [0.29, 0.717) is 0 Å². The fourth-order valence-electron chi connectivity index (χ4n) is 4.94. The Hall–Kier alpha value is -3.61. The van der Waals surface area contributed by atoms with E-state index in [-0.39, 0.29) is 21.8 Å². The van der Waals surface area contributed by atoms with Crippen molar-refractivity contribution in [2.45, 2.75) is 66.9 Å². The second-order valence-corrected chi connectivity index (χ2v) is 21.9. The molecule has 17 heteroatoms. The van der Waals surface area contributed by atoms with Gasteiger partial charge in [0.2, 0.25) is 0 Å². The van der Waals surface area contributed by atoms with Gasteiger partial charge in [0, 0.05) is 9.79 Å². The van der Waals surface area contributed by atoms with Gasteiger partial charge in [0.05, 0.1) is 21.8 Å². The van der Waals surface area contributed by atoms with Gasteiger partial charge in [0.15, 0.2) is 29.4 Å². The molecule has 0 aromatic heterocycles. The summed E-state index contributed by atoms with van der Waals surface area (Å²) < 4.78 is 118. The number of halogens is 12. The molecule has 0 aliphatic heterocycles. The van der Waals surface area contributed by atoms with Crippen LogP contribution in [-0.2, 0) is 21.8 Å². The molecule has 0 unspecified atom stereocenters. The maximum absolute atomic E-state index is 10.7. The summed E-state index contributed by atoms with van der Waals surface area (Å²) in [5, 5.41) is 0. The average molecular weight is 903 g/mol. The van der Waals surface area contributed by atoms with Gasteiger partial charge >= 0.3 is 66.0 Å². The van der Waals surface area contributed by atoms with Crippen LogP contribution < -0.4 is 0 Å². The third kappa shape index (κ3) is 18.7. The summed E-state index contributed by atoms with van der Waals surface area (Å²) in [5.74, 6) is 0. The van der Waals surface area contributed by atoms with E-state index in [9.17, 15) is 50.4 Å². The molecule has 0 nitrogen and oxygen atoms in total. The molecule has 0 aliphatic rings. The Bertz CT molecular complexity index is 1970. The average Bonchev–Trinajstić information content (AvgIpc) is 3.07. The zero-order valence-corrected chi connectivity index (χ0v) is 34.7.